The first-order valence-corrected chi connectivity index (χ1v) is 10.8. The Morgan fingerprint density at radius 2 is 1.79 bits per heavy atom. The second-order valence-electron chi connectivity index (χ2n) is 7.95. The maximum absolute atomic E-state index is 12.4. The molecule has 0 aliphatic carbocycles. The maximum atomic E-state index is 12.4. The van der Waals surface area contributed by atoms with Crippen LogP contribution >= 0.6 is 0 Å². The molecule has 0 aliphatic heterocycles. The fraction of sp³-hybridized carbons (Fsp3) is 0.154. The van der Waals surface area contributed by atoms with E-state index in [-0.39, 0.29) is 11.5 Å². The summed E-state index contributed by atoms with van der Waals surface area (Å²) in [4.78, 5) is 36.4. The molecule has 0 spiro atoms. The zero-order chi connectivity index (χ0) is 24.1. The predicted molar refractivity (Wildman–Crippen MR) is 131 cm³/mol. The van der Waals surface area contributed by atoms with Crippen molar-refractivity contribution in [2.45, 2.75) is 13.1 Å². The van der Waals surface area contributed by atoms with Crippen LogP contribution in [0.25, 0.3) is 17.2 Å². The highest BCUT2D eigenvalue weighted by Gasteiger charge is 2.08. The van der Waals surface area contributed by atoms with E-state index in [1.54, 1.807) is 13.2 Å². The second-order valence-corrected chi connectivity index (χ2v) is 7.95. The minimum Gasteiger partial charge on any atom is -0.348 e. The number of hydrogen-bond donors (Lipinski definition) is 1. The van der Waals surface area contributed by atoms with Crippen molar-refractivity contribution in [2.75, 3.05) is 0 Å². The number of nitrogens with one attached hydrogen (secondary N) is 1. The van der Waals surface area contributed by atoms with E-state index in [2.05, 4.69) is 34.7 Å². The van der Waals surface area contributed by atoms with Gasteiger partial charge in [-0.25, -0.2) is 4.79 Å². The summed E-state index contributed by atoms with van der Waals surface area (Å²) in [5.74, 6) is -0.333. The van der Waals surface area contributed by atoms with E-state index in [9.17, 15) is 14.4 Å². The monoisotopic (exact) mass is 455 g/mol. The Kier molecular flexibility index (Phi) is 6.68. The summed E-state index contributed by atoms with van der Waals surface area (Å²) in [6.45, 7) is 1.04. The van der Waals surface area contributed by atoms with Crippen LogP contribution < -0.4 is 16.6 Å². The molecule has 0 unspecified atom stereocenters. The van der Waals surface area contributed by atoms with Crippen LogP contribution in [0.5, 0.6) is 0 Å². The summed E-state index contributed by atoms with van der Waals surface area (Å²) in [6, 6.07) is 18.1. The van der Waals surface area contributed by atoms with E-state index >= 15 is 0 Å². The molecule has 0 bridgehead atoms. The van der Waals surface area contributed by atoms with Crippen molar-refractivity contribution in [1.29, 1.82) is 0 Å². The molecule has 0 saturated heterocycles. The van der Waals surface area contributed by atoms with Crippen LogP contribution in [0, 0.1) is 0 Å². The number of rotatable bonds is 7. The number of carbonyl (C=O) groups is 1. The normalized spacial score (nSPS) is 11.1. The summed E-state index contributed by atoms with van der Waals surface area (Å²) < 4.78 is 4.18. The fourth-order valence-corrected chi connectivity index (χ4v) is 3.68. The van der Waals surface area contributed by atoms with Crippen molar-refractivity contribution in [3.8, 4) is 11.1 Å². The molecule has 0 aliphatic rings. The number of nitrogens with zero attached hydrogens (tertiary/aromatic N) is 4. The number of benzene rings is 2. The van der Waals surface area contributed by atoms with E-state index in [0.717, 1.165) is 26.8 Å². The molecule has 0 saturated carbocycles. The first-order chi connectivity index (χ1) is 16.4. The van der Waals surface area contributed by atoms with E-state index < -0.39 is 11.2 Å². The van der Waals surface area contributed by atoms with Crippen LogP contribution in [0.1, 0.15) is 16.7 Å². The second kappa shape index (κ2) is 9.99. The van der Waals surface area contributed by atoms with Gasteiger partial charge in [-0.15, -0.1) is 0 Å². The minimum absolute atomic E-state index is 0.260. The van der Waals surface area contributed by atoms with E-state index in [1.807, 2.05) is 41.2 Å². The van der Waals surface area contributed by atoms with Gasteiger partial charge in [-0.1, -0.05) is 48.5 Å². The average Bonchev–Trinajstić information content (AvgIpc) is 3.36. The van der Waals surface area contributed by atoms with Crippen LogP contribution in [0.3, 0.4) is 0 Å². The lowest BCUT2D eigenvalue weighted by atomic mass is 9.98. The molecular weight excluding hydrogens is 430 g/mol. The van der Waals surface area contributed by atoms with Crippen molar-refractivity contribution in [1.82, 2.24) is 24.2 Å². The zero-order valence-corrected chi connectivity index (χ0v) is 19.0. The van der Waals surface area contributed by atoms with Gasteiger partial charge in [0.2, 0.25) is 5.91 Å². The van der Waals surface area contributed by atoms with Crippen LogP contribution in [0.15, 0.2) is 88.9 Å². The van der Waals surface area contributed by atoms with E-state index in [1.165, 1.54) is 30.0 Å². The topological polar surface area (TPSA) is 90.9 Å². The van der Waals surface area contributed by atoms with Gasteiger partial charge in [0.1, 0.15) is 0 Å². The third-order valence-electron chi connectivity index (χ3n) is 5.53. The number of carbonyl (C=O) groups excluding carboxylic acids is 1. The van der Waals surface area contributed by atoms with Crippen LogP contribution in [-0.4, -0.2) is 24.8 Å². The van der Waals surface area contributed by atoms with Crippen molar-refractivity contribution < 1.29 is 4.79 Å². The summed E-state index contributed by atoms with van der Waals surface area (Å²) in [6.07, 6.45) is 7.82. The molecule has 172 valence electrons. The third-order valence-corrected chi connectivity index (χ3v) is 5.53. The van der Waals surface area contributed by atoms with Gasteiger partial charge in [-0.3, -0.25) is 18.8 Å². The molecule has 2 heterocycles. The Balaban J connectivity index is 1.44. The van der Waals surface area contributed by atoms with E-state index in [0.29, 0.717) is 13.1 Å². The standard InChI is InChI=1S/C26H25N5O3/c1-29-18-22(25(33)30(2)26(29)34)12-13-24(32)27-16-21-6-3-4-7-23(21)20-10-8-19(9-11-20)17-31-15-5-14-28-31/h3-15,18H,16-17H2,1-2H3,(H,27,32)/b13-12+. The molecule has 2 aromatic carbocycles. The smallest absolute Gasteiger partial charge is 0.330 e. The number of aromatic nitrogens is 4. The Bertz CT molecular complexity index is 1450. The first kappa shape index (κ1) is 22.7. The molecule has 8 heteroatoms. The molecule has 2 aromatic heterocycles. The summed E-state index contributed by atoms with van der Waals surface area (Å²) in [5, 5.41) is 7.10. The number of amides is 1. The van der Waals surface area contributed by atoms with Gasteiger partial charge in [-0.2, -0.15) is 5.10 Å². The van der Waals surface area contributed by atoms with Crippen LogP contribution in [0.2, 0.25) is 0 Å². The predicted octanol–water partition coefficient (Wildman–Crippen LogP) is 2.33. The Morgan fingerprint density at radius 3 is 2.53 bits per heavy atom. The summed E-state index contributed by atoms with van der Waals surface area (Å²) in [5.41, 5.74) is 3.60. The van der Waals surface area contributed by atoms with Crippen molar-refractivity contribution in [3.05, 3.63) is 117 Å². The fourth-order valence-electron chi connectivity index (χ4n) is 3.68. The van der Waals surface area contributed by atoms with Crippen LogP contribution in [0.4, 0.5) is 0 Å². The molecule has 34 heavy (non-hydrogen) atoms. The molecule has 0 fully saturated rings. The van der Waals surface area contributed by atoms with E-state index in [4.69, 9.17) is 0 Å². The van der Waals surface area contributed by atoms with Gasteiger partial charge >= 0.3 is 5.69 Å². The lowest BCUT2D eigenvalue weighted by Gasteiger charge is -2.11. The number of hydrogen-bond acceptors (Lipinski definition) is 4. The number of aryl methyl sites for hydroxylation is 1. The van der Waals surface area contributed by atoms with Gasteiger partial charge in [-0.05, 0) is 34.4 Å². The quantitative estimate of drug-likeness (QED) is 0.433. The largest absolute Gasteiger partial charge is 0.348 e. The average molecular weight is 456 g/mol. The van der Waals surface area contributed by atoms with Gasteiger partial charge in [0.05, 0.1) is 12.1 Å². The van der Waals surface area contributed by atoms with Gasteiger partial charge < -0.3 is 9.88 Å². The van der Waals surface area contributed by atoms with Gasteiger partial charge in [0, 0.05) is 45.3 Å². The summed E-state index contributed by atoms with van der Waals surface area (Å²) >= 11 is 0. The first-order valence-electron chi connectivity index (χ1n) is 10.8. The molecule has 4 aromatic rings. The Morgan fingerprint density at radius 1 is 1.03 bits per heavy atom. The molecule has 1 amide bonds. The Labute approximate surface area is 196 Å². The molecule has 8 nitrogen and oxygen atoms in total. The lowest BCUT2D eigenvalue weighted by molar-refractivity contribution is -0.116. The highest BCUT2D eigenvalue weighted by Crippen LogP contribution is 2.24. The highest BCUT2D eigenvalue weighted by atomic mass is 16.2. The van der Waals surface area contributed by atoms with Crippen molar-refractivity contribution in [3.63, 3.8) is 0 Å². The summed E-state index contributed by atoms with van der Waals surface area (Å²) in [7, 11) is 2.96. The molecule has 4 rings (SSSR count). The molecule has 1 N–H and O–H groups in total. The Hall–Kier alpha value is -4.46. The SMILES string of the molecule is Cn1cc(/C=C/C(=O)NCc2ccccc2-c2ccc(Cn3cccn3)cc2)c(=O)n(C)c1=O. The zero-order valence-electron chi connectivity index (χ0n) is 19.0. The van der Waals surface area contributed by atoms with Crippen LogP contribution in [-0.2, 0) is 32.0 Å². The third kappa shape index (κ3) is 5.12. The van der Waals surface area contributed by atoms with Gasteiger partial charge in [0.15, 0.2) is 0 Å². The lowest BCUT2D eigenvalue weighted by Crippen LogP contribution is -2.37. The molecule has 0 atom stereocenters. The van der Waals surface area contributed by atoms with Crippen molar-refractivity contribution >= 4 is 12.0 Å². The van der Waals surface area contributed by atoms with Crippen molar-refractivity contribution in [2.24, 2.45) is 14.1 Å². The molecular formula is C26H25N5O3. The van der Waals surface area contributed by atoms with Gasteiger partial charge in [0.25, 0.3) is 5.56 Å². The molecule has 0 radical (unpaired) electrons. The minimum atomic E-state index is -0.450. The highest BCUT2D eigenvalue weighted by molar-refractivity contribution is 5.91. The maximum Gasteiger partial charge on any atom is 0.330 e.